The van der Waals surface area contributed by atoms with Crippen LogP contribution < -0.4 is 9.47 Å². The maximum absolute atomic E-state index is 12.6. The molecule has 2 aliphatic rings. The minimum Gasteiger partial charge on any atom is -0.461 e. The van der Waals surface area contributed by atoms with Gasteiger partial charge in [0.15, 0.2) is 0 Å². The number of halogens is 4. The lowest BCUT2D eigenvalue weighted by Crippen LogP contribution is -2.14. The highest BCUT2D eigenvalue weighted by molar-refractivity contribution is 6.56. The molecular formula is C43H39Cl4NO6. The molecule has 0 heterocycles. The Morgan fingerprint density at radius 2 is 1.13 bits per heavy atom. The van der Waals surface area contributed by atoms with E-state index in [9.17, 15) is 14.9 Å². The fraction of sp³-hybridized carbons (Fsp3) is 0.279. The Bertz CT molecular complexity index is 2040. The molecule has 0 aromatic heterocycles. The van der Waals surface area contributed by atoms with Crippen molar-refractivity contribution in [1.82, 2.24) is 0 Å². The molecule has 2 aliphatic carbocycles. The molecule has 5 unspecified atom stereocenters. The van der Waals surface area contributed by atoms with E-state index in [4.69, 9.17) is 65.4 Å². The van der Waals surface area contributed by atoms with Gasteiger partial charge >= 0.3 is 11.9 Å². The van der Waals surface area contributed by atoms with E-state index in [1.165, 1.54) is 0 Å². The van der Waals surface area contributed by atoms with Gasteiger partial charge in [-0.2, -0.15) is 5.26 Å². The molecule has 7 nitrogen and oxygen atoms in total. The summed E-state index contributed by atoms with van der Waals surface area (Å²) in [6, 6.07) is 35.3. The molecule has 0 N–H and O–H groups in total. The molecule has 0 spiro atoms. The maximum Gasteiger partial charge on any atom is 0.311 e. The van der Waals surface area contributed by atoms with Crippen LogP contribution in [0.3, 0.4) is 0 Å². The van der Waals surface area contributed by atoms with Crippen LogP contribution in [-0.4, -0.2) is 11.9 Å². The van der Waals surface area contributed by atoms with Gasteiger partial charge in [0.2, 0.25) is 6.10 Å². The Labute approximate surface area is 336 Å². The van der Waals surface area contributed by atoms with Crippen molar-refractivity contribution in [3.8, 4) is 29.1 Å². The van der Waals surface area contributed by atoms with Crippen molar-refractivity contribution in [2.45, 2.75) is 40.4 Å². The number of ether oxygens (including phenoxy) is 4. The monoisotopic (exact) mass is 805 g/mol. The van der Waals surface area contributed by atoms with Crippen LogP contribution in [0.2, 0.25) is 0 Å². The van der Waals surface area contributed by atoms with Gasteiger partial charge in [0, 0.05) is 5.56 Å². The molecule has 0 radical (unpaired) electrons. The number of hydrogen-bond donors (Lipinski definition) is 0. The quantitative estimate of drug-likeness (QED) is 0.132. The molecule has 6 rings (SSSR count). The highest BCUT2D eigenvalue weighted by Gasteiger charge is 2.62. The van der Waals surface area contributed by atoms with E-state index in [-0.39, 0.29) is 56.1 Å². The average Bonchev–Trinajstić information content (AvgIpc) is 3.90. The molecule has 0 aliphatic heterocycles. The van der Waals surface area contributed by atoms with Gasteiger partial charge in [-0.3, -0.25) is 9.59 Å². The summed E-state index contributed by atoms with van der Waals surface area (Å²) in [4.78, 5) is 25.0. The topological polar surface area (TPSA) is 94.9 Å². The molecule has 0 saturated heterocycles. The van der Waals surface area contributed by atoms with Crippen molar-refractivity contribution in [2.75, 3.05) is 0 Å². The summed E-state index contributed by atoms with van der Waals surface area (Å²) in [5, 5.41) is 9.53. The van der Waals surface area contributed by atoms with E-state index >= 15 is 0 Å². The number of nitriles is 1. The van der Waals surface area contributed by atoms with Gasteiger partial charge in [0.1, 0.15) is 44.7 Å². The summed E-state index contributed by atoms with van der Waals surface area (Å²) < 4.78 is 22.9. The summed E-state index contributed by atoms with van der Waals surface area (Å²) in [7, 11) is 0. The number of rotatable bonds is 12. The Kier molecular flexibility index (Phi) is 13.4. The normalized spacial score (nSPS) is 20.3. The molecular weight excluding hydrogens is 768 g/mol. The smallest absolute Gasteiger partial charge is 0.311 e. The third kappa shape index (κ3) is 10.6. The van der Waals surface area contributed by atoms with Crippen LogP contribution >= 0.6 is 46.4 Å². The van der Waals surface area contributed by atoms with E-state index in [2.05, 4.69) is 0 Å². The third-order valence-electron chi connectivity index (χ3n) is 9.69. The lowest BCUT2D eigenvalue weighted by Gasteiger charge is -2.13. The summed E-state index contributed by atoms with van der Waals surface area (Å²) >= 11 is 22.9. The molecule has 0 bridgehead atoms. The van der Waals surface area contributed by atoms with Crippen LogP contribution in [0, 0.1) is 45.8 Å². The molecule has 2 fully saturated rings. The first-order chi connectivity index (χ1) is 25.7. The molecule has 4 aromatic carbocycles. The molecule has 5 atom stereocenters. The summed E-state index contributed by atoms with van der Waals surface area (Å²) in [6.45, 7) is 8.08. The molecule has 280 valence electrons. The van der Waals surface area contributed by atoms with Gasteiger partial charge < -0.3 is 18.9 Å². The van der Waals surface area contributed by atoms with Gasteiger partial charge in [0.25, 0.3) is 0 Å². The van der Waals surface area contributed by atoms with E-state index < -0.39 is 12.1 Å². The predicted octanol–water partition coefficient (Wildman–Crippen LogP) is 12.3. The van der Waals surface area contributed by atoms with Crippen LogP contribution in [0.25, 0.3) is 0 Å². The third-order valence-corrected chi connectivity index (χ3v) is 10.2. The lowest BCUT2D eigenvalue weighted by atomic mass is 10.1. The number of para-hydroxylation sites is 2. The second-order valence-corrected chi connectivity index (χ2v) is 16.2. The number of nitrogens with zero attached hydrogens (tertiary/aromatic N) is 1. The second-order valence-electron chi connectivity index (χ2n) is 14.2. The number of hydrogen-bond acceptors (Lipinski definition) is 7. The van der Waals surface area contributed by atoms with Crippen molar-refractivity contribution in [2.24, 2.45) is 34.5 Å². The summed E-state index contributed by atoms with van der Waals surface area (Å²) in [6.07, 6.45) is 2.33. The number of carbonyl (C=O) groups excluding carboxylic acids is 2. The Morgan fingerprint density at radius 3 is 1.63 bits per heavy atom. The van der Waals surface area contributed by atoms with E-state index in [1.54, 1.807) is 36.4 Å². The first-order valence-corrected chi connectivity index (χ1v) is 18.7. The molecule has 2 saturated carbocycles. The van der Waals surface area contributed by atoms with Crippen LogP contribution in [0.1, 0.15) is 44.9 Å². The zero-order valence-electron chi connectivity index (χ0n) is 30.0. The van der Waals surface area contributed by atoms with Crippen molar-refractivity contribution >= 4 is 58.3 Å². The first-order valence-electron chi connectivity index (χ1n) is 17.2. The zero-order chi connectivity index (χ0) is 39.0. The predicted molar refractivity (Wildman–Crippen MR) is 211 cm³/mol. The van der Waals surface area contributed by atoms with Crippen molar-refractivity contribution in [3.63, 3.8) is 0 Å². The SMILES string of the molecule is CC1(C)C(C=C(Cl)Cl)C1C(=O)OC(C#N)c1cccc(Oc2ccccc2)c1.CC1(C)C(C=C(Cl)Cl)C1C(=O)OCc1cccc(Oc2ccccc2)c1. The number of benzene rings is 4. The molecule has 0 amide bonds. The molecule has 54 heavy (non-hydrogen) atoms. The van der Waals surface area contributed by atoms with Gasteiger partial charge in [0.05, 0.1) is 11.8 Å². The maximum atomic E-state index is 12.6. The Balaban J connectivity index is 0.000000208. The van der Waals surface area contributed by atoms with E-state index in [0.717, 1.165) is 11.3 Å². The fourth-order valence-corrected chi connectivity index (χ4v) is 6.98. The average molecular weight is 808 g/mol. The second kappa shape index (κ2) is 17.8. The van der Waals surface area contributed by atoms with Crippen molar-refractivity contribution in [1.29, 1.82) is 5.26 Å². The van der Waals surface area contributed by atoms with Crippen LogP contribution in [-0.2, 0) is 25.7 Å². The lowest BCUT2D eigenvalue weighted by molar-refractivity contribution is -0.149. The van der Waals surface area contributed by atoms with Crippen molar-refractivity contribution in [3.05, 3.63) is 141 Å². The largest absolute Gasteiger partial charge is 0.461 e. The van der Waals surface area contributed by atoms with Gasteiger partial charge in [-0.1, -0.05) is 135 Å². The zero-order valence-corrected chi connectivity index (χ0v) is 33.1. The standard InChI is InChI=1S/C22H19Cl2NO3.C21H20Cl2O3/c1-22(2)17(12-19(23)24)20(22)21(26)28-18(13-25)14-7-6-10-16(11-14)27-15-8-4-3-5-9-15;1-21(2)17(12-18(22)23)19(21)20(24)25-13-14-7-6-10-16(11-14)26-15-8-4-3-5-9-15/h3-12,17-18,20H,1-2H3;3-12,17,19H,13H2,1-2H3. The molecule has 11 heteroatoms. The summed E-state index contributed by atoms with van der Waals surface area (Å²) in [5.41, 5.74) is 0.910. The fourth-order valence-electron chi connectivity index (χ4n) is 6.44. The minimum atomic E-state index is -1.03. The highest BCUT2D eigenvalue weighted by Crippen LogP contribution is 2.61. The van der Waals surface area contributed by atoms with Crippen LogP contribution in [0.5, 0.6) is 23.0 Å². The Hall–Kier alpha value is -4.45. The minimum absolute atomic E-state index is 0.00717. The van der Waals surface area contributed by atoms with Crippen LogP contribution in [0.15, 0.2) is 130 Å². The Morgan fingerprint density at radius 1 is 0.667 bits per heavy atom. The highest BCUT2D eigenvalue weighted by atomic mass is 35.5. The number of carbonyl (C=O) groups is 2. The number of esters is 2. The van der Waals surface area contributed by atoms with Gasteiger partial charge in [-0.05, 0) is 88.9 Å². The number of allylic oxidation sites excluding steroid dienone is 2. The summed E-state index contributed by atoms with van der Waals surface area (Å²) in [5.74, 6) is 1.30. The van der Waals surface area contributed by atoms with E-state index in [1.807, 2.05) is 119 Å². The first kappa shape index (κ1) is 40.7. The van der Waals surface area contributed by atoms with E-state index in [0.29, 0.717) is 22.8 Å². The molecule has 4 aromatic rings. The van der Waals surface area contributed by atoms with Crippen LogP contribution in [0.4, 0.5) is 0 Å². The van der Waals surface area contributed by atoms with Gasteiger partial charge in [-0.15, -0.1) is 0 Å². The van der Waals surface area contributed by atoms with Crippen molar-refractivity contribution < 1.29 is 28.5 Å². The van der Waals surface area contributed by atoms with Gasteiger partial charge in [-0.25, -0.2) is 0 Å².